The van der Waals surface area contributed by atoms with Crippen molar-refractivity contribution < 1.29 is 13.2 Å². The number of hydrogen-bond acceptors (Lipinski definition) is 1. The molecular weight excluding hydrogens is 343 g/mol. The molecule has 0 bridgehead atoms. The molecule has 0 aliphatic carbocycles. The quantitative estimate of drug-likeness (QED) is 0.760. The summed E-state index contributed by atoms with van der Waals surface area (Å²) in [5, 5.41) is 2.95. The molecule has 1 atom stereocenters. The molecule has 0 aliphatic heterocycles. The average molecular weight is 358 g/mol. The third kappa shape index (κ3) is 4.49. The molecule has 1 unspecified atom stereocenters. The summed E-state index contributed by atoms with van der Waals surface area (Å²) in [4.78, 5) is 0. The van der Waals surface area contributed by atoms with Crippen molar-refractivity contribution in [3.8, 4) is 0 Å². The Kier molecular flexibility index (Phi) is 4.93. The van der Waals surface area contributed by atoms with Gasteiger partial charge in [-0.15, -0.1) is 0 Å². The average Bonchev–Trinajstić information content (AvgIpc) is 2.41. The summed E-state index contributed by atoms with van der Waals surface area (Å²) in [5.41, 5.74) is 0.560. The van der Waals surface area contributed by atoms with Crippen LogP contribution in [0.5, 0.6) is 0 Å². The number of alkyl halides is 3. The second-order valence-corrected chi connectivity index (χ2v) is 5.83. The molecule has 0 amide bonds. The van der Waals surface area contributed by atoms with E-state index in [0.717, 1.165) is 16.1 Å². The van der Waals surface area contributed by atoms with E-state index in [2.05, 4.69) is 21.2 Å². The molecule has 0 aromatic heterocycles. The minimum absolute atomic E-state index is 0.102. The van der Waals surface area contributed by atoms with Crippen LogP contribution in [0.4, 0.5) is 18.9 Å². The number of hydrogen-bond donors (Lipinski definition) is 1. The van der Waals surface area contributed by atoms with Crippen LogP contribution in [0.1, 0.15) is 18.1 Å². The van der Waals surface area contributed by atoms with Crippen LogP contribution in [0.25, 0.3) is 0 Å². The highest BCUT2D eigenvalue weighted by Crippen LogP contribution is 2.34. The lowest BCUT2D eigenvalue weighted by Crippen LogP contribution is -2.20. The first kappa shape index (κ1) is 15.9. The molecule has 1 N–H and O–H groups in total. The topological polar surface area (TPSA) is 12.0 Å². The third-order valence-corrected chi connectivity index (χ3v) is 3.62. The van der Waals surface area contributed by atoms with Crippen molar-refractivity contribution >= 4 is 21.6 Å². The van der Waals surface area contributed by atoms with Crippen LogP contribution in [0.3, 0.4) is 0 Å². The van der Waals surface area contributed by atoms with Crippen LogP contribution in [0.2, 0.25) is 0 Å². The van der Waals surface area contributed by atoms with Gasteiger partial charge in [0.25, 0.3) is 0 Å². The highest BCUT2D eigenvalue weighted by atomic mass is 79.9. The third-order valence-electron chi connectivity index (χ3n) is 3.09. The van der Waals surface area contributed by atoms with Crippen molar-refractivity contribution in [2.45, 2.75) is 25.6 Å². The number of para-hydroxylation sites is 1. The fraction of sp³-hybridized carbons (Fsp3) is 0.250. The van der Waals surface area contributed by atoms with Gasteiger partial charge >= 0.3 is 6.18 Å². The molecule has 2 aromatic carbocycles. The van der Waals surface area contributed by atoms with Crippen molar-refractivity contribution in [2.24, 2.45) is 0 Å². The number of benzene rings is 2. The highest BCUT2D eigenvalue weighted by Gasteiger charge is 2.33. The van der Waals surface area contributed by atoms with E-state index in [1.54, 1.807) is 6.07 Å². The van der Waals surface area contributed by atoms with Crippen molar-refractivity contribution in [1.82, 2.24) is 0 Å². The van der Waals surface area contributed by atoms with Gasteiger partial charge in [0, 0.05) is 16.2 Å². The zero-order valence-electron chi connectivity index (χ0n) is 11.4. The van der Waals surface area contributed by atoms with Crippen molar-refractivity contribution in [1.29, 1.82) is 0 Å². The monoisotopic (exact) mass is 357 g/mol. The first-order chi connectivity index (χ1) is 9.86. The molecule has 5 heteroatoms. The number of halogens is 4. The molecule has 2 rings (SSSR count). The van der Waals surface area contributed by atoms with Gasteiger partial charge in [0.2, 0.25) is 0 Å². The van der Waals surface area contributed by atoms with Crippen LogP contribution < -0.4 is 5.32 Å². The Bertz CT molecular complexity index is 593. The maximum Gasteiger partial charge on any atom is 0.418 e. The predicted molar refractivity (Wildman–Crippen MR) is 82.4 cm³/mol. The molecule has 0 heterocycles. The molecule has 0 spiro atoms. The van der Waals surface area contributed by atoms with E-state index in [4.69, 9.17) is 0 Å². The van der Waals surface area contributed by atoms with Crippen LogP contribution >= 0.6 is 15.9 Å². The van der Waals surface area contributed by atoms with E-state index in [9.17, 15) is 13.2 Å². The van der Waals surface area contributed by atoms with Gasteiger partial charge in [-0.2, -0.15) is 13.2 Å². The minimum Gasteiger partial charge on any atom is -0.382 e. The van der Waals surface area contributed by atoms with E-state index in [0.29, 0.717) is 6.42 Å². The van der Waals surface area contributed by atoms with Gasteiger partial charge in [0.1, 0.15) is 0 Å². The maximum atomic E-state index is 12.9. The summed E-state index contributed by atoms with van der Waals surface area (Å²) < 4.78 is 39.8. The van der Waals surface area contributed by atoms with Gasteiger partial charge in [0.05, 0.1) is 5.56 Å². The summed E-state index contributed by atoms with van der Waals surface area (Å²) in [5.74, 6) is 0. The number of rotatable bonds is 4. The van der Waals surface area contributed by atoms with E-state index in [-0.39, 0.29) is 11.7 Å². The molecule has 0 saturated carbocycles. The van der Waals surface area contributed by atoms with Crippen LogP contribution in [0.15, 0.2) is 53.0 Å². The fourth-order valence-electron chi connectivity index (χ4n) is 2.15. The number of nitrogens with one attached hydrogen (secondary N) is 1. The first-order valence-electron chi connectivity index (χ1n) is 6.53. The lowest BCUT2D eigenvalue weighted by molar-refractivity contribution is -0.137. The Morgan fingerprint density at radius 2 is 1.67 bits per heavy atom. The molecule has 0 aliphatic rings. The zero-order valence-corrected chi connectivity index (χ0v) is 13.0. The van der Waals surface area contributed by atoms with Gasteiger partial charge in [-0.25, -0.2) is 0 Å². The maximum absolute atomic E-state index is 12.9. The normalized spacial score (nSPS) is 13.0. The molecular formula is C16H15BrF3N. The lowest BCUT2D eigenvalue weighted by Gasteiger charge is -2.19. The Labute approximate surface area is 130 Å². The highest BCUT2D eigenvalue weighted by molar-refractivity contribution is 9.10. The summed E-state index contributed by atoms with van der Waals surface area (Å²) in [7, 11) is 0. The molecule has 112 valence electrons. The Morgan fingerprint density at radius 3 is 2.29 bits per heavy atom. The smallest absolute Gasteiger partial charge is 0.382 e. The minimum atomic E-state index is -4.35. The second kappa shape index (κ2) is 6.52. The summed E-state index contributed by atoms with van der Waals surface area (Å²) in [6.45, 7) is 1.87. The van der Waals surface area contributed by atoms with E-state index >= 15 is 0 Å². The largest absolute Gasteiger partial charge is 0.418 e. The molecule has 0 fully saturated rings. The summed E-state index contributed by atoms with van der Waals surface area (Å²) in [6.07, 6.45) is -3.69. The summed E-state index contributed by atoms with van der Waals surface area (Å²) >= 11 is 3.36. The molecule has 0 saturated heterocycles. The summed E-state index contributed by atoms with van der Waals surface area (Å²) in [6, 6.07) is 13.2. The second-order valence-electron chi connectivity index (χ2n) is 4.92. The lowest BCUT2D eigenvalue weighted by atomic mass is 10.1. The van der Waals surface area contributed by atoms with Crippen molar-refractivity contribution in [2.75, 3.05) is 5.32 Å². The van der Waals surface area contributed by atoms with Crippen LogP contribution in [0, 0.1) is 0 Å². The Balaban J connectivity index is 2.09. The first-order valence-corrected chi connectivity index (χ1v) is 7.33. The van der Waals surface area contributed by atoms with Gasteiger partial charge in [-0.05, 0) is 43.2 Å². The zero-order chi connectivity index (χ0) is 15.5. The number of anilines is 1. The predicted octanol–water partition coefficient (Wildman–Crippen LogP) is 5.51. The Morgan fingerprint density at radius 1 is 1.05 bits per heavy atom. The van der Waals surface area contributed by atoms with E-state index < -0.39 is 11.7 Å². The van der Waals surface area contributed by atoms with E-state index in [1.807, 2.05) is 31.2 Å². The molecule has 1 nitrogen and oxygen atoms in total. The molecule has 2 aromatic rings. The van der Waals surface area contributed by atoms with Gasteiger partial charge in [-0.3, -0.25) is 0 Å². The standard InChI is InChI=1S/C16H15BrF3N/c1-11(10-12-6-8-13(17)9-7-12)21-15-5-3-2-4-14(15)16(18,19)20/h2-9,11,21H,10H2,1H3. The SMILES string of the molecule is CC(Cc1ccc(Br)cc1)Nc1ccccc1C(F)(F)F. The van der Waals surface area contributed by atoms with Crippen molar-refractivity contribution in [3.05, 3.63) is 64.1 Å². The molecule has 21 heavy (non-hydrogen) atoms. The van der Waals surface area contributed by atoms with Crippen LogP contribution in [-0.2, 0) is 12.6 Å². The van der Waals surface area contributed by atoms with Gasteiger partial charge in [0.15, 0.2) is 0 Å². The molecule has 0 radical (unpaired) electrons. The fourth-order valence-corrected chi connectivity index (χ4v) is 2.41. The van der Waals surface area contributed by atoms with Gasteiger partial charge in [-0.1, -0.05) is 40.2 Å². The van der Waals surface area contributed by atoms with Crippen LogP contribution in [-0.4, -0.2) is 6.04 Å². The van der Waals surface area contributed by atoms with Gasteiger partial charge < -0.3 is 5.32 Å². The Hall–Kier alpha value is -1.49. The van der Waals surface area contributed by atoms with Crippen molar-refractivity contribution in [3.63, 3.8) is 0 Å². The van der Waals surface area contributed by atoms with E-state index in [1.165, 1.54) is 12.1 Å².